The Morgan fingerprint density at radius 2 is 2.14 bits per heavy atom. The van der Waals surface area contributed by atoms with Gasteiger partial charge in [-0.15, -0.1) is 0 Å². The van der Waals surface area contributed by atoms with Crippen molar-refractivity contribution in [3.8, 4) is 0 Å². The van der Waals surface area contributed by atoms with Crippen molar-refractivity contribution in [2.75, 3.05) is 5.32 Å². The Morgan fingerprint density at radius 3 is 2.81 bits per heavy atom. The van der Waals surface area contributed by atoms with Gasteiger partial charge in [0, 0.05) is 0 Å². The Kier molecular flexibility index (Phi) is 5.21. The number of carbonyl (C=O) groups excluding carboxylic acids is 1. The normalized spacial score (nSPS) is 26.1. The Morgan fingerprint density at radius 1 is 1.38 bits per heavy atom. The minimum atomic E-state index is -0.815. The molecule has 1 aliphatic rings. The van der Waals surface area contributed by atoms with Crippen LogP contribution in [0.3, 0.4) is 0 Å². The number of carbonyl (C=O) groups is 1. The van der Waals surface area contributed by atoms with Gasteiger partial charge >= 0.3 is 0 Å². The van der Waals surface area contributed by atoms with Gasteiger partial charge in [-0.1, -0.05) is 44.7 Å². The molecule has 0 radical (unpaired) electrons. The van der Waals surface area contributed by atoms with Gasteiger partial charge in [-0.05, 0) is 37.3 Å². The number of para-hydroxylation sites is 1. The number of nitrogens with one attached hydrogen (secondary N) is 1. The lowest BCUT2D eigenvalue weighted by molar-refractivity contribution is -0.122. The van der Waals surface area contributed by atoms with Crippen LogP contribution in [0.1, 0.15) is 51.9 Å². The van der Waals surface area contributed by atoms with E-state index in [1.807, 2.05) is 0 Å². The molecule has 1 aliphatic carbocycles. The van der Waals surface area contributed by atoms with Crippen molar-refractivity contribution in [3.63, 3.8) is 0 Å². The highest BCUT2D eigenvalue weighted by Gasteiger charge is 2.38. The lowest BCUT2D eigenvalue weighted by Crippen LogP contribution is -2.50. The average molecular weight is 292 g/mol. The lowest BCUT2D eigenvalue weighted by atomic mass is 9.88. The summed E-state index contributed by atoms with van der Waals surface area (Å²) in [7, 11) is 0. The number of nitrogens with two attached hydrogens (primary N) is 1. The molecule has 4 heteroatoms. The van der Waals surface area contributed by atoms with Crippen molar-refractivity contribution in [2.24, 2.45) is 11.7 Å². The van der Waals surface area contributed by atoms with Gasteiger partial charge in [0.2, 0.25) is 5.91 Å². The molecule has 3 nitrogen and oxygen atoms in total. The smallest absolute Gasteiger partial charge is 0.243 e. The molecule has 1 aromatic carbocycles. The van der Waals surface area contributed by atoms with E-state index in [4.69, 9.17) is 5.73 Å². The van der Waals surface area contributed by atoms with E-state index in [1.54, 1.807) is 18.2 Å². The zero-order chi connectivity index (χ0) is 15.3. The number of primary amides is 1. The van der Waals surface area contributed by atoms with Crippen molar-refractivity contribution in [1.29, 1.82) is 0 Å². The maximum absolute atomic E-state index is 13.9. The monoisotopic (exact) mass is 292 g/mol. The molecule has 0 aromatic heterocycles. The highest BCUT2D eigenvalue weighted by atomic mass is 19.1. The summed E-state index contributed by atoms with van der Waals surface area (Å²) in [5, 5.41) is 3.12. The van der Waals surface area contributed by atoms with Crippen LogP contribution in [0, 0.1) is 11.7 Å². The molecule has 0 spiro atoms. The fourth-order valence-corrected chi connectivity index (χ4v) is 3.36. The van der Waals surface area contributed by atoms with Crippen molar-refractivity contribution in [2.45, 2.75) is 57.4 Å². The predicted octanol–water partition coefficient (Wildman–Crippen LogP) is 3.84. The molecule has 116 valence electrons. The van der Waals surface area contributed by atoms with Gasteiger partial charge in [0.05, 0.1) is 5.69 Å². The summed E-state index contributed by atoms with van der Waals surface area (Å²) >= 11 is 0. The molecule has 21 heavy (non-hydrogen) atoms. The Hall–Kier alpha value is -1.58. The predicted molar refractivity (Wildman–Crippen MR) is 83.4 cm³/mol. The molecule has 3 N–H and O–H groups in total. The fraction of sp³-hybridized carbons (Fsp3) is 0.588. The summed E-state index contributed by atoms with van der Waals surface area (Å²) in [6, 6.07) is 6.46. The largest absolute Gasteiger partial charge is 0.369 e. The molecule has 1 amide bonds. The zero-order valence-corrected chi connectivity index (χ0v) is 12.7. The number of hydrogen-bond acceptors (Lipinski definition) is 2. The molecule has 2 atom stereocenters. The molecule has 2 rings (SSSR count). The number of hydrogen-bond donors (Lipinski definition) is 2. The molecule has 1 fully saturated rings. The molecular formula is C17H25FN2O. The third kappa shape index (κ3) is 3.74. The first-order valence-corrected chi connectivity index (χ1v) is 7.90. The lowest BCUT2D eigenvalue weighted by Gasteiger charge is -2.32. The second-order valence-electron chi connectivity index (χ2n) is 6.14. The summed E-state index contributed by atoms with van der Waals surface area (Å²) in [6.45, 7) is 2.18. The Bertz CT molecular complexity index is 491. The van der Waals surface area contributed by atoms with Crippen LogP contribution in [0.25, 0.3) is 0 Å². The first-order chi connectivity index (χ1) is 10.1. The van der Waals surface area contributed by atoms with Crippen molar-refractivity contribution in [1.82, 2.24) is 0 Å². The van der Waals surface area contributed by atoms with Crippen LogP contribution in [0.2, 0.25) is 0 Å². The van der Waals surface area contributed by atoms with E-state index < -0.39 is 5.54 Å². The molecule has 0 heterocycles. The van der Waals surface area contributed by atoms with Gasteiger partial charge in [0.15, 0.2) is 0 Å². The van der Waals surface area contributed by atoms with E-state index in [1.165, 1.54) is 12.5 Å². The van der Waals surface area contributed by atoms with Gasteiger partial charge < -0.3 is 11.1 Å². The van der Waals surface area contributed by atoms with Crippen molar-refractivity contribution < 1.29 is 9.18 Å². The Labute approximate surface area is 126 Å². The van der Waals surface area contributed by atoms with Gasteiger partial charge in [-0.25, -0.2) is 4.39 Å². The maximum Gasteiger partial charge on any atom is 0.243 e. The number of halogens is 1. The van der Waals surface area contributed by atoms with Crippen LogP contribution in [0.4, 0.5) is 10.1 Å². The molecule has 1 aromatic rings. The van der Waals surface area contributed by atoms with Gasteiger partial charge in [-0.2, -0.15) is 0 Å². The summed E-state index contributed by atoms with van der Waals surface area (Å²) < 4.78 is 13.9. The zero-order valence-electron chi connectivity index (χ0n) is 12.7. The van der Waals surface area contributed by atoms with Gasteiger partial charge in [-0.3, -0.25) is 4.79 Å². The quantitative estimate of drug-likeness (QED) is 0.810. The molecule has 0 saturated heterocycles. The second-order valence-corrected chi connectivity index (χ2v) is 6.14. The van der Waals surface area contributed by atoms with E-state index in [2.05, 4.69) is 12.2 Å². The van der Waals surface area contributed by atoms with Gasteiger partial charge in [0.25, 0.3) is 0 Å². The third-order valence-corrected chi connectivity index (χ3v) is 4.61. The fourth-order valence-electron chi connectivity index (χ4n) is 3.36. The maximum atomic E-state index is 13.9. The van der Waals surface area contributed by atoms with Crippen LogP contribution in [-0.4, -0.2) is 11.4 Å². The molecule has 2 unspecified atom stereocenters. The number of anilines is 1. The molecule has 1 saturated carbocycles. The molecule has 0 aliphatic heterocycles. The van der Waals surface area contributed by atoms with Crippen LogP contribution in [0.5, 0.6) is 0 Å². The molecular weight excluding hydrogens is 267 g/mol. The molecule has 0 bridgehead atoms. The highest BCUT2D eigenvalue weighted by Crippen LogP contribution is 2.35. The standard InChI is InChI=1S/C17H25FN2O/c1-2-6-13-7-5-11-17(12-10-13,16(19)21)20-15-9-4-3-8-14(15)18/h3-4,8-9,13,20H,2,5-7,10-12H2,1H3,(H2,19,21). The van der Waals surface area contributed by atoms with E-state index >= 15 is 0 Å². The minimum absolute atomic E-state index is 0.340. The van der Waals surface area contributed by atoms with E-state index in [0.29, 0.717) is 24.4 Å². The summed E-state index contributed by atoms with van der Waals surface area (Å²) in [6.07, 6.45) is 6.76. The van der Waals surface area contributed by atoms with Crippen molar-refractivity contribution >= 4 is 11.6 Å². The van der Waals surface area contributed by atoms with E-state index in [0.717, 1.165) is 25.7 Å². The van der Waals surface area contributed by atoms with Crippen LogP contribution in [-0.2, 0) is 4.79 Å². The minimum Gasteiger partial charge on any atom is -0.369 e. The van der Waals surface area contributed by atoms with E-state index in [-0.39, 0.29) is 11.7 Å². The first-order valence-electron chi connectivity index (χ1n) is 7.90. The number of benzene rings is 1. The Balaban J connectivity index is 2.17. The van der Waals surface area contributed by atoms with Crippen molar-refractivity contribution in [3.05, 3.63) is 30.1 Å². The SMILES string of the molecule is CCCC1CCCC(Nc2ccccc2F)(C(N)=O)CC1. The first kappa shape index (κ1) is 15.8. The van der Waals surface area contributed by atoms with Crippen LogP contribution < -0.4 is 11.1 Å². The summed E-state index contributed by atoms with van der Waals surface area (Å²) in [5.41, 5.74) is 5.22. The van der Waals surface area contributed by atoms with Gasteiger partial charge in [0.1, 0.15) is 11.4 Å². The highest BCUT2D eigenvalue weighted by molar-refractivity contribution is 5.88. The topological polar surface area (TPSA) is 55.1 Å². The summed E-state index contributed by atoms with van der Waals surface area (Å²) in [4.78, 5) is 12.0. The number of rotatable bonds is 5. The van der Waals surface area contributed by atoms with E-state index in [9.17, 15) is 9.18 Å². The third-order valence-electron chi connectivity index (χ3n) is 4.61. The summed E-state index contributed by atoms with van der Waals surface area (Å²) in [5.74, 6) is -0.0611. The van der Waals surface area contributed by atoms with Crippen LogP contribution in [0.15, 0.2) is 24.3 Å². The number of amides is 1. The average Bonchev–Trinajstić information content (AvgIpc) is 2.66. The second kappa shape index (κ2) is 6.92. The van der Waals surface area contributed by atoms with Crippen LogP contribution >= 0.6 is 0 Å².